The normalized spacial score (nSPS) is 12.1. The quantitative estimate of drug-likeness (QED) is 0.0323. The van der Waals surface area contributed by atoms with Crippen molar-refractivity contribution in [2.45, 2.75) is 183 Å². The third kappa shape index (κ3) is 24.9. The molecule has 0 unspecified atom stereocenters. The molecule has 1 saturated heterocycles. The highest BCUT2D eigenvalue weighted by molar-refractivity contribution is 14.0. The lowest BCUT2D eigenvalue weighted by Crippen LogP contribution is -2.48. The number of carbonyl (C=O) groups excluding carboxylic acids is 2. The number of methoxy groups -OCH3 is 2. The zero-order valence-corrected chi connectivity index (χ0v) is 43.3. The highest BCUT2D eigenvalue weighted by Gasteiger charge is 2.23. The van der Waals surface area contributed by atoms with Crippen molar-refractivity contribution >= 4 is 65.1 Å². The van der Waals surface area contributed by atoms with E-state index in [4.69, 9.17) is 20.9 Å². The van der Waals surface area contributed by atoms with Gasteiger partial charge >= 0.3 is 0 Å². The van der Waals surface area contributed by atoms with Crippen LogP contribution in [0.4, 0.5) is 23.1 Å². The Morgan fingerprint density at radius 1 is 0.698 bits per heavy atom. The SMILES string of the molecule is CC.CC.CCCCCCCCCCCCCCCCCC(=O)NCCCCC(=O)N1CCN(c2cc(OC)c(CN=Cc3nc(N)nc(NCCCC)c3N)c(OC)c2)CC1.I. The number of benzene rings is 1. The highest BCUT2D eigenvalue weighted by atomic mass is 127. The predicted octanol–water partition coefficient (Wildman–Crippen LogP) is 11.4. The maximum atomic E-state index is 13.0. The molecule has 2 aromatic rings. The molecule has 0 saturated carbocycles. The number of nitrogen functional groups attached to an aromatic ring is 2. The van der Waals surface area contributed by atoms with E-state index in [-0.39, 0.29) is 48.3 Å². The molecule has 0 atom stereocenters. The second-order valence-electron chi connectivity index (χ2n) is 15.7. The summed E-state index contributed by atoms with van der Waals surface area (Å²) in [6.07, 6.45) is 26.1. The number of nitrogens with zero attached hydrogens (tertiary/aromatic N) is 5. The van der Waals surface area contributed by atoms with Crippen LogP contribution in [0.15, 0.2) is 17.1 Å². The largest absolute Gasteiger partial charge is 0.496 e. The Kier molecular flexibility index (Phi) is 36.7. The fourth-order valence-corrected chi connectivity index (χ4v) is 7.40. The summed E-state index contributed by atoms with van der Waals surface area (Å²) in [4.78, 5) is 42.6. The number of carbonyl (C=O) groups is 2. The summed E-state index contributed by atoms with van der Waals surface area (Å²) in [5.41, 5.74) is 14.9. The number of rotatable bonds is 31. The van der Waals surface area contributed by atoms with Gasteiger partial charge in [0.1, 0.15) is 22.9 Å². The second kappa shape index (κ2) is 38.9. The van der Waals surface area contributed by atoms with Gasteiger partial charge in [0, 0.05) is 76.1 Å². The molecule has 362 valence electrons. The number of nitrogens with one attached hydrogen (secondary N) is 2. The summed E-state index contributed by atoms with van der Waals surface area (Å²) >= 11 is 0. The molecular weight excluding hydrogens is 906 g/mol. The fourth-order valence-electron chi connectivity index (χ4n) is 7.40. The average Bonchev–Trinajstić information content (AvgIpc) is 3.30. The van der Waals surface area contributed by atoms with Gasteiger partial charge in [0.15, 0.2) is 5.82 Å². The lowest BCUT2D eigenvalue weighted by molar-refractivity contribution is -0.131. The van der Waals surface area contributed by atoms with Crippen molar-refractivity contribution in [3.8, 4) is 11.5 Å². The maximum absolute atomic E-state index is 13.0. The smallest absolute Gasteiger partial charge is 0.222 e. The predicted molar refractivity (Wildman–Crippen MR) is 278 cm³/mol. The Morgan fingerprint density at radius 3 is 1.73 bits per heavy atom. The Balaban J connectivity index is 0.00000746. The summed E-state index contributed by atoms with van der Waals surface area (Å²) in [6.45, 7) is 16.7. The number of hydrogen-bond acceptors (Lipinski definition) is 11. The van der Waals surface area contributed by atoms with Gasteiger partial charge in [-0.15, -0.1) is 24.0 Å². The van der Waals surface area contributed by atoms with E-state index in [0.29, 0.717) is 74.3 Å². The first-order valence-electron chi connectivity index (χ1n) is 24.5. The van der Waals surface area contributed by atoms with Gasteiger partial charge in [-0.2, -0.15) is 4.98 Å². The van der Waals surface area contributed by atoms with E-state index in [0.717, 1.165) is 56.3 Å². The van der Waals surface area contributed by atoms with Crippen molar-refractivity contribution < 1.29 is 19.1 Å². The molecule has 1 aromatic carbocycles. The second-order valence-corrected chi connectivity index (χ2v) is 15.7. The third-order valence-electron chi connectivity index (χ3n) is 11.0. The number of hydrogen-bond donors (Lipinski definition) is 4. The molecule has 1 aliphatic rings. The van der Waals surface area contributed by atoms with Crippen molar-refractivity contribution in [3.63, 3.8) is 0 Å². The van der Waals surface area contributed by atoms with Gasteiger partial charge in [0.05, 0.1) is 26.3 Å². The van der Waals surface area contributed by atoms with Gasteiger partial charge in [-0.1, -0.05) is 138 Å². The van der Waals surface area contributed by atoms with Crippen LogP contribution in [-0.4, -0.2) is 86.4 Å². The zero-order valence-electron chi connectivity index (χ0n) is 41.0. The minimum atomic E-state index is 0. The molecule has 0 spiro atoms. The molecule has 13 nitrogen and oxygen atoms in total. The van der Waals surface area contributed by atoms with Crippen LogP contribution in [0.5, 0.6) is 11.5 Å². The Labute approximate surface area is 400 Å². The van der Waals surface area contributed by atoms with Crippen LogP contribution in [0.2, 0.25) is 0 Å². The van der Waals surface area contributed by atoms with Gasteiger partial charge in [0.2, 0.25) is 17.8 Å². The highest BCUT2D eigenvalue weighted by Crippen LogP contribution is 2.36. The van der Waals surface area contributed by atoms with Crippen molar-refractivity contribution in [2.24, 2.45) is 4.99 Å². The van der Waals surface area contributed by atoms with Crippen LogP contribution in [0.1, 0.15) is 188 Å². The Hall–Kier alpha value is -3.56. The minimum absolute atomic E-state index is 0. The molecular formula is C49H90IN9O4. The van der Waals surface area contributed by atoms with E-state index in [1.165, 1.54) is 83.5 Å². The van der Waals surface area contributed by atoms with E-state index in [1.54, 1.807) is 20.4 Å². The lowest BCUT2D eigenvalue weighted by atomic mass is 10.0. The average molecular weight is 996 g/mol. The van der Waals surface area contributed by atoms with Crippen molar-refractivity contribution in [3.05, 3.63) is 23.4 Å². The molecule has 63 heavy (non-hydrogen) atoms. The van der Waals surface area contributed by atoms with Crippen LogP contribution >= 0.6 is 24.0 Å². The van der Waals surface area contributed by atoms with Gasteiger partial charge in [0.25, 0.3) is 0 Å². The number of anilines is 4. The number of aromatic nitrogens is 2. The van der Waals surface area contributed by atoms with Crippen LogP contribution in [0.25, 0.3) is 0 Å². The number of nitrogens with two attached hydrogens (primary N) is 2. The molecule has 2 amide bonds. The molecule has 0 radical (unpaired) electrons. The standard InChI is InChI=1S/C45H77N9O4.2C2H6.HI/c1-5-7-9-10-11-12-13-14-15-16-17-18-19-20-21-24-41(55)49-27-23-22-25-42(56)54-30-28-53(29-31-54)36-32-39(57-3)37(40(33-36)58-4)34-48-35-38-43(46)44(50-26-8-6-2)52-45(47)51-38;2*1-2;/h32-33,35H,5-31,34,46H2,1-4H3,(H,49,55)(H3,47,50,51,52);2*1-2H3;1H. The number of amides is 2. The van der Waals surface area contributed by atoms with Crippen LogP contribution in [0.3, 0.4) is 0 Å². The first kappa shape index (κ1) is 59.4. The van der Waals surface area contributed by atoms with E-state index < -0.39 is 0 Å². The molecule has 1 fully saturated rings. The van der Waals surface area contributed by atoms with E-state index in [2.05, 4.69) is 44.3 Å². The summed E-state index contributed by atoms with van der Waals surface area (Å²) < 4.78 is 11.6. The molecule has 6 N–H and O–H groups in total. The van der Waals surface area contributed by atoms with Crippen molar-refractivity contribution in [1.29, 1.82) is 0 Å². The van der Waals surface area contributed by atoms with Gasteiger partial charge < -0.3 is 41.4 Å². The van der Waals surface area contributed by atoms with Crippen LogP contribution in [0, 0.1) is 0 Å². The van der Waals surface area contributed by atoms with Gasteiger partial charge in [-0.25, -0.2) is 4.98 Å². The number of ether oxygens (including phenoxy) is 2. The summed E-state index contributed by atoms with van der Waals surface area (Å²) in [6, 6.07) is 3.98. The molecule has 3 rings (SSSR count). The van der Waals surface area contributed by atoms with Gasteiger partial charge in [-0.3, -0.25) is 14.6 Å². The van der Waals surface area contributed by atoms with Crippen molar-refractivity contribution in [2.75, 3.05) is 75.2 Å². The van der Waals surface area contributed by atoms with Crippen LogP contribution in [-0.2, 0) is 16.1 Å². The monoisotopic (exact) mass is 996 g/mol. The van der Waals surface area contributed by atoms with E-state index in [1.807, 2.05) is 44.7 Å². The third-order valence-corrected chi connectivity index (χ3v) is 11.0. The number of aliphatic imine (C=N–C) groups is 1. The topological polar surface area (TPSA) is 173 Å². The summed E-state index contributed by atoms with van der Waals surface area (Å²) in [7, 11) is 3.26. The molecule has 0 aliphatic carbocycles. The maximum Gasteiger partial charge on any atom is 0.222 e. The Morgan fingerprint density at radius 2 is 1.21 bits per heavy atom. The van der Waals surface area contributed by atoms with E-state index >= 15 is 0 Å². The minimum Gasteiger partial charge on any atom is -0.496 e. The zero-order chi connectivity index (χ0) is 45.8. The first-order valence-corrected chi connectivity index (χ1v) is 24.5. The Bertz CT molecular complexity index is 1480. The number of halogens is 1. The van der Waals surface area contributed by atoms with Crippen molar-refractivity contribution in [1.82, 2.24) is 20.2 Å². The van der Waals surface area contributed by atoms with E-state index in [9.17, 15) is 9.59 Å². The molecule has 14 heteroatoms. The molecule has 2 heterocycles. The molecule has 1 aromatic heterocycles. The number of unbranched alkanes of at least 4 members (excludes halogenated alkanes) is 16. The molecule has 1 aliphatic heterocycles. The lowest BCUT2D eigenvalue weighted by Gasteiger charge is -2.36. The van der Waals surface area contributed by atoms with Gasteiger partial charge in [-0.05, 0) is 25.7 Å². The fraction of sp³-hybridized carbons (Fsp3) is 0.735. The molecule has 0 bridgehead atoms. The van der Waals surface area contributed by atoms with Crippen LogP contribution < -0.4 is 36.5 Å². The summed E-state index contributed by atoms with van der Waals surface area (Å²) in [5, 5.41) is 6.27. The number of piperazine rings is 1. The first-order chi connectivity index (χ1) is 30.3. The summed E-state index contributed by atoms with van der Waals surface area (Å²) in [5.74, 6) is 2.24.